The summed E-state index contributed by atoms with van der Waals surface area (Å²) in [5, 5.41) is 22.1. The SMILES string of the molecule is COc1ccc(CNC2(CO)CC2)c(O)c1. The third-order valence-electron chi connectivity index (χ3n) is 3.10. The molecule has 0 aliphatic heterocycles. The minimum Gasteiger partial charge on any atom is -0.507 e. The molecule has 3 N–H and O–H groups in total. The van der Waals surface area contributed by atoms with Crippen LogP contribution in [0.3, 0.4) is 0 Å². The number of aromatic hydroxyl groups is 1. The molecule has 0 saturated heterocycles. The maximum absolute atomic E-state index is 9.73. The van der Waals surface area contributed by atoms with Crippen molar-refractivity contribution in [2.75, 3.05) is 13.7 Å². The summed E-state index contributed by atoms with van der Waals surface area (Å²) in [4.78, 5) is 0. The Hall–Kier alpha value is -1.26. The first-order valence-electron chi connectivity index (χ1n) is 5.41. The van der Waals surface area contributed by atoms with Gasteiger partial charge < -0.3 is 20.3 Å². The van der Waals surface area contributed by atoms with E-state index in [0.717, 1.165) is 18.4 Å². The van der Waals surface area contributed by atoms with E-state index in [1.807, 2.05) is 12.1 Å². The molecule has 16 heavy (non-hydrogen) atoms. The predicted molar refractivity (Wildman–Crippen MR) is 60.5 cm³/mol. The maximum atomic E-state index is 9.73. The van der Waals surface area contributed by atoms with Gasteiger partial charge in [-0.25, -0.2) is 0 Å². The lowest BCUT2D eigenvalue weighted by Gasteiger charge is -2.15. The minimum atomic E-state index is -0.105. The van der Waals surface area contributed by atoms with Gasteiger partial charge in [0, 0.05) is 23.7 Å². The van der Waals surface area contributed by atoms with Gasteiger partial charge in [0.15, 0.2) is 0 Å². The summed E-state index contributed by atoms with van der Waals surface area (Å²) in [5.41, 5.74) is 0.715. The van der Waals surface area contributed by atoms with Gasteiger partial charge in [0.05, 0.1) is 13.7 Å². The summed E-state index contributed by atoms with van der Waals surface area (Å²) < 4.78 is 5.01. The van der Waals surface area contributed by atoms with Gasteiger partial charge in [0.25, 0.3) is 0 Å². The molecule has 0 amide bonds. The van der Waals surface area contributed by atoms with Crippen LogP contribution < -0.4 is 10.1 Å². The summed E-state index contributed by atoms with van der Waals surface area (Å²) in [6.07, 6.45) is 2.00. The highest BCUT2D eigenvalue weighted by atomic mass is 16.5. The van der Waals surface area contributed by atoms with Crippen LogP contribution in [-0.2, 0) is 6.54 Å². The van der Waals surface area contributed by atoms with Crippen LogP contribution in [0.5, 0.6) is 11.5 Å². The number of nitrogens with one attached hydrogen (secondary N) is 1. The van der Waals surface area contributed by atoms with Crippen LogP contribution in [0.4, 0.5) is 0 Å². The van der Waals surface area contributed by atoms with Crippen LogP contribution in [0, 0.1) is 0 Å². The Morgan fingerprint density at radius 2 is 2.19 bits per heavy atom. The summed E-state index contributed by atoms with van der Waals surface area (Å²) in [6.45, 7) is 0.723. The second-order valence-corrected chi connectivity index (χ2v) is 4.29. The molecule has 0 spiro atoms. The number of aliphatic hydroxyl groups excluding tert-OH is 1. The van der Waals surface area contributed by atoms with Crippen molar-refractivity contribution in [2.45, 2.75) is 24.9 Å². The summed E-state index contributed by atoms with van der Waals surface area (Å²) >= 11 is 0. The van der Waals surface area contributed by atoms with Gasteiger partial charge in [-0.15, -0.1) is 0 Å². The molecule has 2 rings (SSSR count). The molecule has 1 aromatic carbocycles. The average Bonchev–Trinajstić information content (AvgIpc) is 3.08. The Kier molecular flexibility index (Phi) is 3.03. The van der Waals surface area contributed by atoms with Crippen molar-refractivity contribution in [1.82, 2.24) is 5.32 Å². The lowest BCUT2D eigenvalue weighted by Crippen LogP contribution is -2.34. The average molecular weight is 223 g/mol. The van der Waals surface area contributed by atoms with E-state index in [1.54, 1.807) is 13.2 Å². The molecule has 0 aromatic heterocycles. The number of ether oxygens (including phenoxy) is 1. The molecule has 1 saturated carbocycles. The molecule has 0 bridgehead atoms. The van der Waals surface area contributed by atoms with Gasteiger partial charge in [-0.2, -0.15) is 0 Å². The number of methoxy groups -OCH3 is 1. The zero-order valence-electron chi connectivity index (χ0n) is 9.36. The Morgan fingerprint density at radius 1 is 1.44 bits per heavy atom. The fraction of sp³-hybridized carbons (Fsp3) is 0.500. The number of rotatable bonds is 5. The van der Waals surface area contributed by atoms with Crippen LogP contribution in [0.25, 0.3) is 0 Å². The molecule has 1 aliphatic rings. The highest BCUT2D eigenvalue weighted by Crippen LogP contribution is 2.35. The van der Waals surface area contributed by atoms with E-state index < -0.39 is 0 Å². The van der Waals surface area contributed by atoms with Gasteiger partial charge in [0.1, 0.15) is 11.5 Å². The first-order valence-corrected chi connectivity index (χ1v) is 5.41. The van der Waals surface area contributed by atoms with E-state index in [2.05, 4.69) is 5.32 Å². The number of hydrogen-bond acceptors (Lipinski definition) is 4. The molecule has 0 atom stereocenters. The lowest BCUT2D eigenvalue weighted by molar-refractivity contribution is 0.229. The quantitative estimate of drug-likeness (QED) is 0.697. The molecular weight excluding hydrogens is 206 g/mol. The maximum Gasteiger partial charge on any atom is 0.123 e. The smallest absolute Gasteiger partial charge is 0.123 e. The van der Waals surface area contributed by atoms with Crippen molar-refractivity contribution in [2.24, 2.45) is 0 Å². The number of phenolic OH excluding ortho intramolecular Hbond substituents is 1. The highest BCUT2D eigenvalue weighted by Gasteiger charge is 2.41. The van der Waals surface area contributed by atoms with Crippen molar-refractivity contribution in [3.63, 3.8) is 0 Å². The Bertz CT molecular complexity index is 375. The van der Waals surface area contributed by atoms with Crippen molar-refractivity contribution >= 4 is 0 Å². The van der Waals surface area contributed by atoms with Crippen LogP contribution in [0.1, 0.15) is 18.4 Å². The standard InChI is InChI=1S/C12H17NO3/c1-16-10-3-2-9(11(15)6-10)7-13-12(8-14)4-5-12/h2-3,6,13-15H,4-5,7-8H2,1H3. The number of aliphatic hydroxyl groups is 1. The van der Waals surface area contributed by atoms with E-state index in [1.165, 1.54) is 0 Å². The fourth-order valence-corrected chi connectivity index (χ4v) is 1.64. The second kappa shape index (κ2) is 4.31. The van der Waals surface area contributed by atoms with Gasteiger partial charge in [-0.1, -0.05) is 6.07 Å². The third-order valence-corrected chi connectivity index (χ3v) is 3.10. The van der Waals surface area contributed by atoms with Crippen LogP contribution in [0.2, 0.25) is 0 Å². The van der Waals surface area contributed by atoms with Crippen molar-refractivity contribution in [3.05, 3.63) is 23.8 Å². The molecule has 4 nitrogen and oxygen atoms in total. The van der Waals surface area contributed by atoms with Crippen molar-refractivity contribution in [1.29, 1.82) is 0 Å². The van der Waals surface area contributed by atoms with E-state index >= 15 is 0 Å². The minimum absolute atomic E-state index is 0.105. The predicted octanol–water partition coefficient (Wildman–Crippen LogP) is 1.02. The lowest BCUT2D eigenvalue weighted by atomic mass is 10.1. The molecule has 0 unspecified atom stereocenters. The van der Waals surface area contributed by atoms with Crippen LogP contribution in [-0.4, -0.2) is 29.5 Å². The topological polar surface area (TPSA) is 61.7 Å². The largest absolute Gasteiger partial charge is 0.507 e. The van der Waals surface area contributed by atoms with Crippen molar-refractivity contribution in [3.8, 4) is 11.5 Å². The molecule has 1 fully saturated rings. The summed E-state index contributed by atoms with van der Waals surface area (Å²) in [7, 11) is 1.57. The molecular formula is C12H17NO3. The molecule has 88 valence electrons. The first kappa shape index (κ1) is 11.2. The third kappa shape index (κ3) is 2.28. The molecule has 4 heteroatoms. The Balaban J connectivity index is 1.99. The van der Waals surface area contributed by atoms with Gasteiger partial charge in [-0.05, 0) is 18.9 Å². The van der Waals surface area contributed by atoms with Gasteiger partial charge in [0.2, 0.25) is 0 Å². The second-order valence-electron chi connectivity index (χ2n) is 4.29. The Labute approximate surface area is 94.9 Å². The zero-order valence-corrected chi connectivity index (χ0v) is 9.36. The van der Waals surface area contributed by atoms with E-state index in [9.17, 15) is 5.11 Å². The monoisotopic (exact) mass is 223 g/mol. The number of phenols is 1. The highest BCUT2D eigenvalue weighted by molar-refractivity contribution is 5.39. The van der Waals surface area contributed by atoms with Gasteiger partial charge >= 0.3 is 0 Å². The van der Waals surface area contributed by atoms with E-state index in [0.29, 0.717) is 12.3 Å². The molecule has 0 heterocycles. The normalized spacial score (nSPS) is 17.1. The van der Waals surface area contributed by atoms with Crippen LogP contribution >= 0.6 is 0 Å². The fourth-order valence-electron chi connectivity index (χ4n) is 1.64. The number of benzene rings is 1. The summed E-state index contributed by atoms with van der Waals surface area (Å²) in [6, 6.07) is 5.24. The molecule has 1 aliphatic carbocycles. The van der Waals surface area contributed by atoms with Crippen LogP contribution in [0.15, 0.2) is 18.2 Å². The van der Waals surface area contributed by atoms with Gasteiger partial charge in [-0.3, -0.25) is 0 Å². The Morgan fingerprint density at radius 3 is 2.69 bits per heavy atom. The van der Waals surface area contributed by atoms with E-state index in [4.69, 9.17) is 9.84 Å². The molecule has 0 radical (unpaired) electrons. The van der Waals surface area contributed by atoms with E-state index in [-0.39, 0.29) is 17.9 Å². The summed E-state index contributed by atoms with van der Waals surface area (Å²) in [5.74, 6) is 0.866. The first-order chi connectivity index (χ1) is 7.69. The zero-order chi connectivity index (χ0) is 11.6. The van der Waals surface area contributed by atoms with Crippen molar-refractivity contribution < 1.29 is 14.9 Å². The molecule has 1 aromatic rings. The number of hydrogen-bond donors (Lipinski definition) is 3.